The lowest BCUT2D eigenvalue weighted by Gasteiger charge is -2.33. The number of pyridine rings is 1. The molecule has 0 radical (unpaired) electrons. The summed E-state index contributed by atoms with van der Waals surface area (Å²) >= 11 is 0. The molecule has 0 aliphatic carbocycles. The second kappa shape index (κ2) is 16.9. The van der Waals surface area contributed by atoms with E-state index in [0.717, 1.165) is 29.9 Å². The highest BCUT2D eigenvalue weighted by Gasteiger charge is 2.37. The number of hydrogen-bond donors (Lipinski definition) is 0. The van der Waals surface area contributed by atoms with E-state index in [0.29, 0.717) is 50.4 Å². The number of nitrogens with zero attached hydrogens (tertiary/aromatic N) is 5. The van der Waals surface area contributed by atoms with E-state index in [1.54, 1.807) is 14.0 Å². The minimum atomic E-state index is -4.85. The summed E-state index contributed by atoms with van der Waals surface area (Å²) < 4.78 is 79.4. The highest BCUT2D eigenvalue weighted by atomic mass is 28.3. The maximum absolute atomic E-state index is 16.2. The van der Waals surface area contributed by atoms with Gasteiger partial charge in [0.25, 0.3) is 0 Å². The zero-order valence-electron chi connectivity index (χ0n) is 34.0. The lowest BCUT2D eigenvalue weighted by molar-refractivity contribution is -0.141. The Morgan fingerprint density at radius 2 is 1.54 bits per heavy atom. The first-order valence-electron chi connectivity index (χ1n) is 19.1. The van der Waals surface area contributed by atoms with Gasteiger partial charge in [0, 0.05) is 60.4 Å². The standard InChI is InChI=1S/C40H55F4N5O5Si2/c1-39(2,3)54-38(51)47-15-12-27(13-16-47)28-21-31(41)34-32(22-28)49(26-53-18-20-56(7,8)9)37(46-34)33-23-29(24-48(33)25-52-17-19-55(4,5)6)35(50)30-11-10-14-45-36(30)40(42,43)44/h10-11,14,21-24,27H,12-13,15-20,25-26H2,1-9H3. The minimum absolute atomic E-state index is 0.0159. The molecule has 16 heteroatoms. The number of carbonyl (C=O) groups is 2. The van der Waals surface area contributed by atoms with Gasteiger partial charge < -0.3 is 23.7 Å². The number of imidazole rings is 1. The van der Waals surface area contributed by atoms with Crippen molar-refractivity contribution in [2.75, 3.05) is 26.3 Å². The van der Waals surface area contributed by atoms with E-state index in [4.69, 9.17) is 19.2 Å². The molecular formula is C40H55F4N5O5Si2. The molecule has 56 heavy (non-hydrogen) atoms. The molecule has 1 aromatic carbocycles. The molecule has 0 atom stereocenters. The largest absolute Gasteiger partial charge is 0.444 e. The molecule has 5 rings (SSSR count). The summed E-state index contributed by atoms with van der Waals surface area (Å²) in [6, 6.07) is 9.01. The molecule has 0 bridgehead atoms. The fraction of sp³-hybridized carbons (Fsp3) is 0.550. The van der Waals surface area contributed by atoms with Gasteiger partial charge in [0.15, 0.2) is 23.1 Å². The summed E-state index contributed by atoms with van der Waals surface area (Å²) in [6.45, 7) is 20.7. The number of halogens is 4. The number of amides is 1. The van der Waals surface area contributed by atoms with Crippen molar-refractivity contribution in [2.24, 2.45) is 0 Å². The molecule has 0 saturated carbocycles. The Morgan fingerprint density at radius 3 is 2.12 bits per heavy atom. The van der Waals surface area contributed by atoms with Crippen LogP contribution in [-0.4, -0.2) is 83.9 Å². The van der Waals surface area contributed by atoms with Gasteiger partial charge in [0.05, 0.1) is 16.8 Å². The number of aromatic nitrogens is 4. The molecule has 4 heterocycles. The molecule has 4 aromatic rings. The lowest BCUT2D eigenvalue weighted by Crippen LogP contribution is -2.41. The number of ether oxygens (including phenoxy) is 3. The monoisotopic (exact) mass is 817 g/mol. The molecular weight excluding hydrogens is 763 g/mol. The van der Waals surface area contributed by atoms with E-state index in [-0.39, 0.29) is 42.4 Å². The van der Waals surface area contributed by atoms with E-state index in [9.17, 15) is 22.8 Å². The number of ketones is 1. The fourth-order valence-corrected chi connectivity index (χ4v) is 7.97. The summed E-state index contributed by atoms with van der Waals surface area (Å²) in [7, 11) is -2.93. The SMILES string of the molecule is CC(C)(C)OC(=O)N1CCC(c2cc(F)c3nc(-c4cc(C(=O)c5cccnc5C(F)(F)F)cn4COCC[Si](C)(C)C)n(COCC[Si](C)(C)C)c3c2)CC1. The third-order valence-corrected chi connectivity index (χ3v) is 13.0. The average Bonchev–Trinajstić information content (AvgIpc) is 3.68. The zero-order chi connectivity index (χ0) is 41.2. The number of rotatable bonds is 14. The maximum Gasteiger partial charge on any atom is 0.434 e. The molecule has 0 unspecified atom stereocenters. The molecule has 0 N–H and O–H groups in total. The zero-order valence-corrected chi connectivity index (χ0v) is 36.0. The Bertz CT molecular complexity index is 2020. The summed E-state index contributed by atoms with van der Waals surface area (Å²) in [5.74, 6) is -1.17. The number of alkyl halides is 3. The van der Waals surface area contributed by atoms with E-state index in [1.165, 1.54) is 24.4 Å². The molecule has 1 aliphatic heterocycles. The first kappa shape index (κ1) is 43.3. The van der Waals surface area contributed by atoms with Gasteiger partial charge in [-0.15, -0.1) is 0 Å². The molecule has 306 valence electrons. The van der Waals surface area contributed by atoms with E-state index < -0.39 is 50.8 Å². The summed E-state index contributed by atoms with van der Waals surface area (Å²) in [4.78, 5) is 36.5. The second-order valence-corrected chi connectivity index (χ2v) is 29.2. The van der Waals surface area contributed by atoms with Crippen LogP contribution in [0.25, 0.3) is 22.6 Å². The van der Waals surface area contributed by atoms with Crippen LogP contribution in [0.15, 0.2) is 42.7 Å². The first-order valence-corrected chi connectivity index (χ1v) is 26.5. The molecule has 3 aromatic heterocycles. The fourth-order valence-electron chi connectivity index (χ4n) is 6.46. The predicted octanol–water partition coefficient (Wildman–Crippen LogP) is 10.0. The van der Waals surface area contributed by atoms with Crippen molar-refractivity contribution in [3.63, 3.8) is 0 Å². The topological polar surface area (TPSA) is 101 Å². The second-order valence-electron chi connectivity index (χ2n) is 18.0. The predicted molar refractivity (Wildman–Crippen MR) is 214 cm³/mol. The molecule has 10 nitrogen and oxygen atoms in total. The molecule has 0 spiro atoms. The van der Waals surface area contributed by atoms with Crippen LogP contribution in [0, 0.1) is 5.82 Å². The van der Waals surface area contributed by atoms with Crippen LogP contribution in [0.4, 0.5) is 22.4 Å². The van der Waals surface area contributed by atoms with Gasteiger partial charge in [-0.3, -0.25) is 14.3 Å². The quantitative estimate of drug-likeness (QED) is 0.0541. The third kappa shape index (κ3) is 11.2. The maximum atomic E-state index is 16.2. The molecule has 1 amide bonds. The third-order valence-electron chi connectivity index (χ3n) is 9.60. The van der Waals surface area contributed by atoms with E-state index >= 15 is 4.39 Å². The number of likely N-dealkylation sites (tertiary alicyclic amines) is 1. The first-order chi connectivity index (χ1) is 26.0. The average molecular weight is 818 g/mol. The van der Waals surface area contributed by atoms with Crippen LogP contribution in [0.3, 0.4) is 0 Å². The van der Waals surface area contributed by atoms with Crippen LogP contribution in [-0.2, 0) is 33.8 Å². The van der Waals surface area contributed by atoms with Crippen LogP contribution in [0.5, 0.6) is 0 Å². The smallest absolute Gasteiger partial charge is 0.434 e. The Kier molecular flexibility index (Phi) is 13.1. The van der Waals surface area contributed by atoms with Gasteiger partial charge in [0.1, 0.15) is 24.6 Å². The minimum Gasteiger partial charge on any atom is -0.444 e. The Hall–Kier alpha value is -3.87. The van der Waals surface area contributed by atoms with Gasteiger partial charge in [-0.05, 0) is 87.5 Å². The van der Waals surface area contributed by atoms with Gasteiger partial charge >= 0.3 is 12.3 Å². The number of benzene rings is 1. The van der Waals surface area contributed by atoms with Crippen LogP contribution in [0.2, 0.25) is 51.4 Å². The van der Waals surface area contributed by atoms with Crippen molar-refractivity contribution in [1.29, 1.82) is 0 Å². The number of hydrogen-bond acceptors (Lipinski definition) is 7. The highest BCUT2D eigenvalue weighted by Crippen LogP contribution is 2.36. The Morgan fingerprint density at radius 1 is 0.911 bits per heavy atom. The van der Waals surface area contributed by atoms with E-state index in [2.05, 4.69) is 44.3 Å². The summed E-state index contributed by atoms with van der Waals surface area (Å²) in [6.07, 6.45) is -1.56. The summed E-state index contributed by atoms with van der Waals surface area (Å²) in [5, 5.41) is 0. The summed E-state index contributed by atoms with van der Waals surface area (Å²) in [5.41, 5.74) is -0.821. The van der Waals surface area contributed by atoms with Crippen molar-refractivity contribution in [1.82, 2.24) is 24.0 Å². The Balaban J connectivity index is 1.57. The van der Waals surface area contributed by atoms with Crippen LogP contribution >= 0.6 is 0 Å². The lowest BCUT2D eigenvalue weighted by atomic mass is 9.89. The van der Waals surface area contributed by atoms with Crippen LogP contribution < -0.4 is 0 Å². The van der Waals surface area contributed by atoms with Crippen LogP contribution in [0.1, 0.15) is 66.7 Å². The van der Waals surface area contributed by atoms with Crippen molar-refractivity contribution < 1.29 is 41.4 Å². The van der Waals surface area contributed by atoms with Crippen molar-refractivity contribution in [3.05, 3.63) is 70.9 Å². The number of piperidine rings is 1. The normalized spacial score (nSPS) is 14.8. The van der Waals surface area contributed by atoms with E-state index in [1.807, 2.05) is 26.8 Å². The van der Waals surface area contributed by atoms with Crippen molar-refractivity contribution >= 4 is 39.1 Å². The van der Waals surface area contributed by atoms with Gasteiger partial charge in [-0.2, -0.15) is 13.2 Å². The molecule has 1 fully saturated rings. The Labute approximate surface area is 328 Å². The number of carbonyl (C=O) groups excluding carboxylic acids is 2. The van der Waals surface area contributed by atoms with Gasteiger partial charge in [-0.25, -0.2) is 14.2 Å². The van der Waals surface area contributed by atoms with Crippen molar-refractivity contribution in [2.45, 2.75) is 116 Å². The van der Waals surface area contributed by atoms with Gasteiger partial charge in [0.2, 0.25) is 0 Å². The highest BCUT2D eigenvalue weighted by molar-refractivity contribution is 6.76. The van der Waals surface area contributed by atoms with Crippen molar-refractivity contribution in [3.8, 4) is 11.5 Å². The molecule has 1 aliphatic rings. The molecule has 1 saturated heterocycles. The van der Waals surface area contributed by atoms with Gasteiger partial charge in [-0.1, -0.05) is 39.3 Å². The number of fused-ring (bicyclic) bond motifs is 1.